The summed E-state index contributed by atoms with van der Waals surface area (Å²) in [4.78, 5) is 15.5. The molecule has 6 heteroatoms. The van der Waals surface area contributed by atoms with Gasteiger partial charge < -0.3 is 9.90 Å². The van der Waals surface area contributed by atoms with Crippen molar-refractivity contribution >= 4 is 11.6 Å². The van der Waals surface area contributed by atoms with Gasteiger partial charge in [0.05, 0.1) is 29.5 Å². The predicted octanol–water partition coefficient (Wildman–Crippen LogP) is 2.30. The molecule has 124 valence electrons. The molecule has 0 saturated carbocycles. The van der Waals surface area contributed by atoms with Crippen LogP contribution in [-0.4, -0.2) is 20.6 Å². The van der Waals surface area contributed by atoms with E-state index in [0.717, 1.165) is 16.7 Å². The molecule has 26 heavy (non-hydrogen) atoms. The highest BCUT2D eigenvalue weighted by atomic mass is 16.4. The summed E-state index contributed by atoms with van der Waals surface area (Å²) in [7, 11) is 0. The molecule has 2 aromatic carbocycles. The molecule has 0 spiro atoms. The van der Waals surface area contributed by atoms with E-state index in [-0.39, 0.29) is 5.56 Å². The highest BCUT2D eigenvalue weighted by molar-refractivity contribution is 5.86. The number of carboxylic acid groups (broad SMARTS) is 1. The molecule has 0 aliphatic heterocycles. The normalized spacial score (nSPS) is 10.6. The lowest BCUT2D eigenvalue weighted by Crippen LogP contribution is -2.21. The standard InChI is InChI=1S/C20H12N4O2/c21-11-13-1-3-14(4-2-13)17-12-22-24-10-9-18(23-19(17)24)15-5-7-16(8-6-15)20(25)26/h1-10,12H,(H,25,26)/p-1. The molecule has 0 radical (unpaired) electrons. The number of hydrogen-bond donors (Lipinski definition) is 0. The molecule has 6 nitrogen and oxygen atoms in total. The number of carbonyl (C=O) groups excluding carboxylic acids is 1. The topological polar surface area (TPSA) is 94.1 Å². The predicted molar refractivity (Wildman–Crippen MR) is 92.9 cm³/mol. The van der Waals surface area contributed by atoms with Crippen molar-refractivity contribution in [2.24, 2.45) is 0 Å². The Hall–Kier alpha value is -3.98. The van der Waals surface area contributed by atoms with Crippen LogP contribution >= 0.6 is 0 Å². The zero-order valence-electron chi connectivity index (χ0n) is 13.5. The smallest absolute Gasteiger partial charge is 0.163 e. The lowest BCUT2D eigenvalue weighted by Gasteiger charge is -2.06. The molecule has 0 saturated heterocycles. The fourth-order valence-corrected chi connectivity index (χ4v) is 2.73. The molecule has 2 heterocycles. The SMILES string of the molecule is N#Cc1ccc(-c2cnn3ccc(-c4ccc(C(=O)[O-])cc4)nc23)cc1. The largest absolute Gasteiger partial charge is 0.545 e. The maximum Gasteiger partial charge on any atom is 0.163 e. The summed E-state index contributed by atoms with van der Waals surface area (Å²) >= 11 is 0. The molecule has 0 aliphatic rings. The van der Waals surface area contributed by atoms with Gasteiger partial charge >= 0.3 is 0 Å². The zero-order valence-corrected chi connectivity index (χ0v) is 13.5. The lowest BCUT2D eigenvalue weighted by atomic mass is 10.1. The summed E-state index contributed by atoms with van der Waals surface area (Å²) < 4.78 is 1.67. The number of hydrogen-bond acceptors (Lipinski definition) is 5. The molecule has 4 rings (SSSR count). The van der Waals surface area contributed by atoms with Crippen LogP contribution in [-0.2, 0) is 0 Å². The van der Waals surface area contributed by atoms with Crippen molar-refractivity contribution in [3.05, 3.63) is 78.1 Å². The van der Waals surface area contributed by atoms with E-state index in [2.05, 4.69) is 16.2 Å². The summed E-state index contributed by atoms with van der Waals surface area (Å²) in [6, 6.07) is 17.5. The number of aromatic carboxylic acids is 1. The maximum atomic E-state index is 10.9. The molecule has 0 unspecified atom stereocenters. The number of aromatic nitrogens is 3. The van der Waals surface area contributed by atoms with Gasteiger partial charge in [0.15, 0.2) is 5.65 Å². The number of fused-ring (bicyclic) bond motifs is 1. The first kappa shape index (κ1) is 15.5. The number of carboxylic acids is 1. The third-order valence-electron chi connectivity index (χ3n) is 4.11. The van der Waals surface area contributed by atoms with Crippen LogP contribution in [0.3, 0.4) is 0 Å². The van der Waals surface area contributed by atoms with Crippen LogP contribution in [0.5, 0.6) is 0 Å². The van der Waals surface area contributed by atoms with E-state index in [1.54, 1.807) is 41.2 Å². The molecule has 0 atom stereocenters. The lowest BCUT2D eigenvalue weighted by molar-refractivity contribution is -0.255. The minimum Gasteiger partial charge on any atom is -0.545 e. The first-order chi connectivity index (χ1) is 12.7. The highest BCUT2D eigenvalue weighted by Crippen LogP contribution is 2.26. The summed E-state index contributed by atoms with van der Waals surface area (Å²) in [5.74, 6) is -1.21. The van der Waals surface area contributed by atoms with E-state index in [1.807, 2.05) is 18.2 Å². The molecular weight excluding hydrogens is 328 g/mol. The number of benzene rings is 2. The Bertz CT molecular complexity index is 1150. The van der Waals surface area contributed by atoms with Crippen molar-refractivity contribution in [1.29, 1.82) is 5.26 Å². The third kappa shape index (κ3) is 2.68. The highest BCUT2D eigenvalue weighted by Gasteiger charge is 2.10. The number of rotatable bonds is 3. The Morgan fingerprint density at radius 2 is 1.69 bits per heavy atom. The van der Waals surface area contributed by atoms with Crippen LogP contribution in [0.25, 0.3) is 28.0 Å². The number of nitrogens with zero attached hydrogens (tertiary/aromatic N) is 4. The quantitative estimate of drug-likeness (QED) is 0.571. The summed E-state index contributed by atoms with van der Waals surface area (Å²) in [6.07, 6.45) is 3.53. The Kier molecular flexibility index (Phi) is 3.67. The molecule has 4 aromatic rings. The van der Waals surface area contributed by atoms with Crippen molar-refractivity contribution in [3.8, 4) is 28.5 Å². The van der Waals surface area contributed by atoms with E-state index >= 15 is 0 Å². The van der Waals surface area contributed by atoms with Gasteiger partial charge in [-0.15, -0.1) is 0 Å². The maximum absolute atomic E-state index is 10.9. The fourth-order valence-electron chi connectivity index (χ4n) is 2.73. The monoisotopic (exact) mass is 339 g/mol. The summed E-state index contributed by atoms with van der Waals surface area (Å²) in [5, 5.41) is 24.1. The van der Waals surface area contributed by atoms with E-state index in [4.69, 9.17) is 5.26 Å². The first-order valence-corrected chi connectivity index (χ1v) is 7.82. The zero-order chi connectivity index (χ0) is 18.1. The van der Waals surface area contributed by atoms with Crippen molar-refractivity contribution in [1.82, 2.24) is 14.6 Å². The molecule has 0 fully saturated rings. The molecule has 0 bridgehead atoms. The van der Waals surface area contributed by atoms with Crippen LogP contribution in [0.1, 0.15) is 15.9 Å². The van der Waals surface area contributed by atoms with Gasteiger partial charge in [-0.2, -0.15) is 10.4 Å². The minimum atomic E-state index is -1.21. The van der Waals surface area contributed by atoms with E-state index in [9.17, 15) is 9.90 Å². The van der Waals surface area contributed by atoms with Crippen molar-refractivity contribution < 1.29 is 9.90 Å². The van der Waals surface area contributed by atoms with Crippen molar-refractivity contribution in [2.75, 3.05) is 0 Å². The average Bonchev–Trinajstić information content (AvgIpc) is 3.11. The third-order valence-corrected chi connectivity index (χ3v) is 4.11. The number of nitriles is 1. The molecule has 0 N–H and O–H groups in total. The second-order valence-corrected chi connectivity index (χ2v) is 5.69. The van der Waals surface area contributed by atoms with Crippen LogP contribution in [0, 0.1) is 11.3 Å². The molecular formula is C20H11N4O2-. The molecule has 2 aromatic heterocycles. The van der Waals surface area contributed by atoms with E-state index in [0.29, 0.717) is 16.9 Å². The second-order valence-electron chi connectivity index (χ2n) is 5.69. The average molecular weight is 339 g/mol. The summed E-state index contributed by atoms with van der Waals surface area (Å²) in [6.45, 7) is 0. The Morgan fingerprint density at radius 3 is 2.35 bits per heavy atom. The van der Waals surface area contributed by atoms with Gasteiger partial charge in [-0.05, 0) is 29.3 Å². The fraction of sp³-hybridized carbons (Fsp3) is 0. The van der Waals surface area contributed by atoms with Gasteiger partial charge in [0.2, 0.25) is 0 Å². The van der Waals surface area contributed by atoms with E-state index in [1.165, 1.54) is 12.1 Å². The van der Waals surface area contributed by atoms with Crippen molar-refractivity contribution in [3.63, 3.8) is 0 Å². The second kappa shape index (κ2) is 6.15. The Morgan fingerprint density at radius 1 is 1.00 bits per heavy atom. The van der Waals surface area contributed by atoms with Gasteiger partial charge in [0.25, 0.3) is 0 Å². The summed E-state index contributed by atoms with van der Waals surface area (Å²) in [5.41, 5.74) is 4.65. The Labute approximate surface area is 148 Å². The van der Waals surface area contributed by atoms with Gasteiger partial charge in [-0.1, -0.05) is 36.4 Å². The van der Waals surface area contributed by atoms with Crippen LogP contribution in [0.15, 0.2) is 67.0 Å². The van der Waals surface area contributed by atoms with Crippen molar-refractivity contribution in [2.45, 2.75) is 0 Å². The number of carbonyl (C=O) groups is 1. The van der Waals surface area contributed by atoms with Gasteiger partial charge in [-0.25, -0.2) is 9.50 Å². The van der Waals surface area contributed by atoms with Crippen LogP contribution in [0.4, 0.5) is 0 Å². The van der Waals surface area contributed by atoms with Gasteiger partial charge in [0.1, 0.15) is 0 Å². The van der Waals surface area contributed by atoms with Crippen LogP contribution in [0.2, 0.25) is 0 Å². The Balaban J connectivity index is 1.79. The van der Waals surface area contributed by atoms with Gasteiger partial charge in [-0.3, -0.25) is 0 Å². The molecule has 0 amide bonds. The van der Waals surface area contributed by atoms with Crippen LogP contribution < -0.4 is 5.11 Å². The molecule has 0 aliphatic carbocycles. The van der Waals surface area contributed by atoms with E-state index < -0.39 is 5.97 Å². The minimum absolute atomic E-state index is 0.123. The van der Waals surface area contributed by atoms with Gasteiger partial charge in [0, 0.05) is 17.3 Å². The first-order valence-electron chi connectivity index (χ1n) is 7.82.